The monoisotopic (exact) mass is 1610 g/mol. The summed E-state index contributed by atoms with van der Waals surface area (Å²) in [5.74, 6) is -0.714. The Morgan fingerprint density at radius 3 is 1.37 bits per heavy atom. The Kier molecular flexibility index (Phi) is 38.0. The van der Waals surface area contributed by atoms with Gasteiger partial charge in [0.25, 0.3) is 17.1 Å². The van der Waals surface area contributed by atoms with Crippen LogP contribution in [0.3, 0.4) is 0 Å². The zero-order valence-corrected chi connectivity index (χ0v) is 68.9. The Hall–Kier alpha value is -12.0. The molecule has 0 aliphatic heterocycles. The number of nitro groups is 3. The molecule has 113 heavy (non-hydrogen) atoms. The number of aromatic nitrogens is 4. The van der Waals surface area contributed by atoms with E-state index in [1.54, 1.807) is 189 Å². The van der Waals surface area contributed by atoms with Crippen molar-refractivity contribution in [3.63, 3.8) is 0 Å². The van der Waals surface area contributed by atoms with Crippen molar-refractivity contribution in [3.8, 4) is 17.1 Å². The molecule has 0 fully saturated rings. The molecule has 28 nitrogen and oxygen atoms in total. The summed E-state index contributed by atoms with van der Waals surface area (Å²) in [6.45, 7) is 42.2. The summed E-state index contributed by atoms with van der Waals surface area (Å²) in [6, 6.07) is 59.9. The second-order valence-electron chi connectivity index (χ2n) is 28.2. The number of carbonyl (C=O) groups excluding carboxylic acids is 3. The number of hydrogen-bond donors (Lipinski definition) is 4. The SMILES string of the molecule is C.CC(C)(C)OC(=O)OC(=O)OC(C)(C)C.COc1cccc([N+](=O)[O-])c1.C[Si](C)(C)N(c1c[c-]ccc1)[Si](C)(C)C.Nc1cccc(C(O)c2cccc([N+](=O)[O-])c2)c1.[C-]#[N+]c1cccc(-n2nc(C)cc2C(=O)Cc2cccc(C(O)c3cccc([N+](=O)[O-])c3)c2)c1.[C-]#[N+]c1cccc(-n2nc(C)cc2C(=O)O)c1.[Cl-].[Mg+2]. The van der Waals surface area contributed by atoms with E-state index in [0.29, 0.717) is 79.1 Å². The molecule has 10 rings (SSSR count). The third kappa shape index (κ3) is 31.8. The van der Waals surface area contributed by atoms with Gasteiger partial charge < -0.3 is 56.6 Å². The number of ketones is 1. The van der Waals surface area contributed by atoms with Crippen LogP contribution in [0.1, 0.15) is 121 Å². The number of non-ortho nitro benzene ring substituents is 3. The van der Waals surface area contributed by atoms with Crippen molar-refractivity contribution in [2.24, 2.45) is 0 Å². The number of hydrogen-bond acceptors (Lipinski definition) is 20. The van der Waals surface area contributed by atoms with E-state index in [2.05, 4.69) is 92.4 Å². The maximum Gasteiger partial charge on any atom is 2.00 e. The summed E-state index contributed by atoms with van der Waals surface area (Å²) in [7, 11) is -1.10. The van der Waals surface area contributed by atoms with E-state index in [0.717, 1.165) is 0 Å². The number of ether oxygens (including phenoxy) is 4. The first-order valence-electron chi connectivity index (χ1n) is 33.8. The van der Waals surface area contributed by atoms with Gasteiger partial charge in [-0.3, -0.25) is 35.1 Å². The Balaban J connectivity index is 0.000000479. The van der Waals surface area contributed by atoms with Gasteiger partial charge in [-0.25, -0.2) is 33.4 Å². The molecule has 10 aromatic rings. The number of nitro benzene ring substituents is 3. The minimum absolute atomic E-state index is 0. The van der Waals surface area contributed by atoms with Crippen molar-refractivity contribution < 1.29 is 80.6 Å². The summed E-state index contributed by atoms with van der Waals surface area (Å²) in [5, 5.41) is 70.4. The van der Waals surface area contributed by atoms with Gasteiger partial charge in [0, 0.05) is 42.4 Å². The first-order chi connectivity index (χ1) is 51.5. The number of nitrogen functional groups attached to an aromatic ring is 1. The van der Waals surface area contributed by atoms with Crippen molar-refractivity contribution in [2.75, 3.05) is 17.1 Å². The molecule has 2 unspecified atom stereocenters. The average Bonchev–Trinajstić information content (AvgIpc) is 1.51. The number of aliphatic hydroxyl groups is 2. The Bertz CT molecular complexity index is 4930. The number of carboxylic acid groups (broad SMARTS) is 1. The number of aromatic carboxylic acids is 1. The number of methoxy groups -OCH3 is 1. The second kappa shape index (κ2) is 44.2. The summed E-state index contributed by atoms with van der Waals surface area (Å²) in [6.07, 6.45) is -4.04. The van der Waals surface area contributed by atoms with Gasteiger partial charge >= 0.3 is 41.3 Å². The molecule has 2 heterocycles. The molecule has 0 bridgehead atoms. The zero-order chi connectivity index (χ0) is 82.0. The van der Waals surface area contributed by atoms with E-state index in [-0.39, 0.29) is 77.8 Å². The summed E-state index contributed by atoms with van der Waals surface area (Å²) in [4.78, 5) is 83.5. The van der Waals surface area contributed by atoms with E-state index in [1.807, 2.05) is 6.07 Å². The predicted octanol–water partition coefficient (Wildman–Crippen LogP) is 15.5. The van der Waals surface area contributed by atoms with E-state index in [9.17, 15) is 59.7 Å². The third-order valence-corrected chi connectivity index (χ3v) is 22.0. The quantitative estimate of drug-likeness (QED) is 0.00961. The zero-order valence-electron chi connectivity index (χ0n) is 64.7. The van der Waals surface area contributed by atoms with Crippen LogP contribution in [0, 0.1) is 63.4 Å². The van der Waals surface area contributed by atoms with Crippen molar-refractivity contribution in [3.05, 3.63) is 316 Å². The summed E-state index contributed by atoms with van der Waals surface area (Å²) < 4.78 is 24.2. The standard InChI is InChI=1S/C26H20N4O4.C13H12N2O3.C12H9N3O2.C12H22NSi2.C10H18O5.C7H7NO3.CH4.ClH.Mg/c1-17-12-24(29(28-17)22-10-5-9-21(16-22)27-2)25(31)14-18-6-3-7-19(13-18)26(32)20-8-4-11-23(15-20)30(33)34;14-11-5-1-3-9(7-11)13(16)10-4-2-6-12(8-10)15(17)18;1-8-6-11(12(16)17)15(14-8)10-5-3-4-9(7-10)13-2;1-14(2,3)13(15(4,5)6)12-10-8-7-9-11-12;1-9(2,3)14-7(11)13-8(12)15-10(4,5)6;1-11-7-4-2-3-6(5-7)8(9)10;;;/h3-13,15-16,26,32H,14H2,1H3;1-8,13,16H,14H2;3-7H,1H3,(H,16,17);7-8,10-11H,1-6H3;1-6H3;2-5H,1H3;1H4;1H;/q;;;-1;;;;;+2/p-1. The first kappa shape index (κ1) is 97.1. The molecule has 0 aliphatic rings. The van der Waals surface area contributed by atoms with E-state index < -0.39 is 72.9 Å². The number of aryl methyl sites for hydroxylation is 2. The first-order valence-corrected chi connectivity index (χ1v) is 40.7. The van der Waals surface area contributed by atoms with Crippen molar-refractivity contribution in [1.82, 2.24) is 19.6 Å². The molecule has 0 radical (unpaired) electrons. The minimum atomic E-state index is -1.29. The van der Waals surface area contributed by atoms with Gasteiger partial charge in [-0.15, -0.1) is 0 Å². The molecule has 0 amide bonds. The van der Waals surface area contributed by atoms with Crippen LogP contribution in [0.2, 0.25) is 39.3 Å². The number of nitrogens with two attached hydrogens (primary N) is 1. The number of carboxylic acids is 1. The van der Waals surface area contributed by atoms with Crippen LogP contribution in [-0.2, 0) is 20.6 Å². The van der Waals surface area contributed by atoms with E-state index >= 15 is 0 Å². The molecular weight excluding hydrogens is 1510 g/mol. The van der Waals surface area contributed by atoms with Crippen LogP contribution >= 0.6 is 0 Å². The van der Waals surface area contributed by atoms with Crippen LogP contribution in [0.15, 0.2) is 206 Å². The molecule has 5 N–H and O–H groups in total. The van der Waals surface area contributed by atoms with E-state index in [4.69, 9.17) is 38.2 Å². The molecule has 0 aliphatic carbocycles. The fraction of sp³-hybridized carbons (Fsp3) is 0.259. The fourth-order valence-electron chi connectivity index (χ4n) is 10.6. The van der Waals surface area contributed by atoms with Crippen molar-refractivity contribution in [2.45, 2.75) is 132 Å². The van der Waals surface area contributed by atoms with Gasteiger partial charge in [-0.05, 0) is 138 Å². The maximum atomic E-state index is 13.2. The van der Waals surface area contributed by atoms with Crippen LogP contribution < -0.4 is 27.1 Å². The number of nitrogens with zero attached hydrogens (tertiary/aromatic N) is 10. The Morgan fingerprint density at radius 1 is 0.575 bits per heavy atom. The number of benzene rings is 8. The number of halogens is 1. The molecule has 0 saturated heterocycles. The Labute approximate surface area is 681 Å². The molecule has 2 atom stereocenters. The minimum Gasteiger partial charge on any atom is -1.00 e. The maximum absolute atomic E-state index is 13.2. The number of aliphatic hydroxyl groups excluding tert-OH is 2. The van der Waals surface area contributed by atoms with Gasteiger partial charge in [0.2, 0.25) is 0 Å². The summed E-state index contributed by atoms with van der Waals surface area (Å²) >= 11 is 0. The van der Waals surface area contributed by atoms with Gasteiger partial charge in [0.1, 0.15) is 51.3 Å². The molecule has 0 spiro atoms. The molecule has 590 valence electrons. The van der Waals surface area contributed by atoms with Crippen LogP contribution in [-0.4, -0.2) is 132 Å². The number of carbonyl (C=O) groups is 4. The molecule has 2 aromatic heterocycles. The predicted molar refractivity (Wildman–Crippen MR) is 436 cm³/mol. The molecule has 32 heteroatoms. The topological polar surface area (TPSA) is 369 Å². The van der Waals surface area contributed by atoms with Crippen molar-refractivity contribution >= 4 is 103 Å². The Morgan fingerprint density at radius 2 is 0.973 bits per heavy atom. The molecule has 8 aromatic carbocycles. The fourth-order valence-corrected chi connectivity index (χ4v) is 20.5. The smallest absolute Gasteiger partial charge is 1.00 e. The second-order valence-corrected chi connectivity index (χ2v) is 38.2. The van der Waals surface area contributed by atoms with Crippen LogP contribution in [0.25, 0.3) is 21.1 Å². The van der Waals surface area contributed by atoms with Crippen molar-refractivity contribution in [1.29, 1.82) is 0 Å². The van der Waals surface area contributed by atoms with Gasteiger partial charge in [0.15, 0.2) is 22.9 Å². The van der Waals surface area contributed by atoms with Gasteiger partial charge in [-0.1, -0.05) is 143 Å². The van der Waals surface area contributed by atoms with Gasteiger partial charge in [0.05, 0.1) is 63.9 Å². The largest absolute Gasteiger partial charge is 2.00 e. The number of Topliss-reactive ketones (excluding diaryl/α,β-unsaturated/α-hetero) is 1. The van der Waals surface area contributed by atoms with Gasteiger partial charge in [-0.2, -0.15) is 40.5 Å². The van der Waals surface area contributed by atoms with Crippen LogP contribution in [0.5, 0.6) is 5.75 Å². The normalized spacial score (nSPS) is 11.0. The van der Waals surface area contributed by atoms with E-state index in [1.165, 1.54) is 70.7 Å². The molecular formula is C81H92ClMgN11O17Si2. The third-order valence-electron chi connectivity index (χ3n) is 14.7. The summed E-state index contributed by atoms with van der Waals surface area (Å²) in [5.41, 5.74) is 12.6. The number of anilines is 2. The molecule has 0 saturated carbocycles. The average molecular weight is 1610 g/mol. The number of rotatable bonds is 17. The van der Waals surface area contributed by atoms with Crippen LogP contribution in [0.4, 0.5) is 49.4 Å².